The fourth-order valence-corrected chi connectivity index (χ4v) is 3.34. The fraction of sp³-hybridized carbons (Fsp3) is 0.150. The molecule has 0 spiro atoms. The number of ether oxygens (including phenoxy) is 1. The van der Waals surface area contributed by atoms with E-state index >= 15 is 0 Å². The van der Waals surface area contributed by atoms with Crippen molar-refractivity contribution >= 4 is 5.52 Å². The van der Waals surface area contributed by atoms with Gasteiger partial charge in [0.15, 0.2) is 5.82 Å². The van der Waals surface area contributed by atoms with Gasteiger partial charge in [-0.2, -0.15) is 9.78 Å². The van der Waals surface area contributed by atoms with Crippen LogP contribution in [0, 0.1) is 13.8 Å². The van der Waals surface area contributed by atoms with Crippen molar-refractivity contribution in [3.63, 3.8) is 0 Å². The number of nitrogens with zero attached hydrogens (tertiary/aromatic N) is 4. The van der Waals surface area contributed by atoms with Gasteiger partial charge >= 0.3 is 5.69 Å². The van der Waals surface area contributed by atoms with Crippen molar-refractivity contribution < 1.29 is 4.74 Å². The molecule has 0 saturated carbocycles. The lowest BCUT2D eigenvalue weighted by Crippen LogP contribution is -2.28. The van der Waals surface area contributed by atoms with Crippen LogP contribution in [0.3, 0.4) is 0 Å². The molecule has 6 nitrogen and oxygen atoms in total. The van der Waals surface area contributed by atoms with Gasteiger partial charge in [-0.25, -0.2) is 9.78 Å². The maximum absolute atomic E-state index is 13.1. The van der Waals surface area contributed by atoms with E-state index in [4.69, 9.17) is 4.74 Å². The molecule has 0 radical (unpaired) electrons. The molecule has 0 saturated heterocycles. The minimum Gasteiger partial charge on any atom is -0.497 e. The smallest absolute Gasteiger partial charge is 0.355 e. The first-order valence-corrected chi connectivity index (χ1v) is 8.27. The first-order valence-electron chi connectivity index (χ1n) is 8.27. The van der Waals surface area contributed by atoms with Crippen LogP contribution >= 0.6 is 0 Å². The second-order valence-electron chi connectivity index (χ2n) is 6.06. The standard InChI is InChI=1S/C20H18N4O2/c1-13-17-12-22-24(18-6-4-5-11-21-18)20(25)23(17)14(2)19(13)15-7-9-16(26-3)10-8-15/h4-12H,1-3H3. The van der Waals surface area contributed by atoms with Gasteiger partial charge in [0, 0.05) is 17.5 Å². The molecule has 3 heterocycles. The number of hydrogen-bond acceptors (Lipinski definition) is 4. The van der Waals surface area contributed by atoms with Crippen molar-refractivity contribution in [2.24, 2.45) is 0 Å². The molecule has 4 rings (SSSR count). The molecule has 0 fully saturated rings. The minimum absolute atomic E-state index is 0.235. The Labute approximate surface area is 150 Å². The summed E-state index contributed by atoms with van der Waals surface area (Å²) in [6.45, 7) is 3.96. The molecule has 0 aliphatic carbocycles. The summed E-state index contributed by atoms with van der Waals surface area (Å²) < 4.78 is 8.24. The Morgan fingerprint density at radius 3 is 2.46 bits per heavy atom. The molecule has 3 aromatic heterocycles. The molecular formula is C20H18N4O2. The van der Waals surface area contributed by atoms with Gasteiger partial charge in [-0.1, -0.05) is 18.2 Å². The van der Waals surface area contributed by atoms with E-state index in [-0.39, 0.29) is 5.69 Å². The van der Waals surface area contributed by atoms with Crippen LogP contribution in [0.15, 0.2) is 59.7 Å². The summed E-state index contributed by atoms with van der Waals surface area (Å²) in [4.78, 5) is 17.3. The summed E-state index contributed by atoms with van der Waals surface area (Å²) in [5.74, 6) is 1.29. The summed E-state index contributed by atoms with van der Waals surface area (Å²) >= 11 is 0. The summed E-state index contributed by atoms with van der Waals surface area (Å²) in [6.07, 6.45) is 3.36. The summed E-state index contributed by atoms with van der Waals surface area (Å²) in [7, 11) is 1.64. The van der Waals surface area contributed by atoms with E-state index in [1.165, 1.54) is 4.68 Å². The number of pyridine rings is 1. The number of benzene rings is 1. The van der Waals surface area contributed by atoms with Crippen molar-refractivity contribution in [3.8, 4) is 22.7 Å². The first kappa shape index (κ1) is 16.1. The number of fused-ring (bicyclic) bond motifs is 1. The second kappa shape index (κ2) is 6.15. The lowest BCUT2D eigenvalue weighted by atomic mass is 10.0. The lowest BCUT2D eigenvalue weighted by Gasteiger charge is -2.05. The van der Waals surface area contributed by atoms with Gasteiger partial charge in [0.1, 0.15) is 5.75 Å². The molecule has 4 aromatic rings. The molecule has 0 N–H and O–H groups in total. The van der Waals surface area contributed by atoms with Crippen molar-refractivity contribution in [3.05, 3.63) is 76.6 Å². The summed E-state index contributed by atoms with van der Waals surface area (Å²) in [6, 6.07) is 13.2. The first-order chi connectivity index (χ1) is 12.6. The molecule has 0 bridgehead atoms. The van der Waals surface area contributed by atoms with Crippen LogP contribution < -0.4 is 10.4 Å². The average molecular weight is 346 g/mol. The van der Waals surface area contributed by atoms with E-state index in [0.717, 1.165) is 33.7 Å². The quantitative estimate of drug-likeness (QED) is 0.572. The fourth-order valence-electron chi connectivity index (χ4n) is 3.34. The van der Waals surface area contributed by atoms with Crippen molar-refractivity contribution in [1.29, 1.82) is 0 Å². The maximum atomic E-state index is 13.1. The van der Waals surface area contributed by atoms with Crippen LogP contribution in [-0.2, 0) is 0 Å². The molecule has 1 aromatic carbocycles. The predicted octanol–water partition coefficient (Wildman–Crippen LogP) is 3.17. The number of hydrogen-bond donors (Lipinski definition) is 0. The second-order valence-corrected chi connectivity index (χ2v) is 6.06. The number of aryl methyl sites for hydroxylation is 2. The van der Waals surface area contributed by atoms with Gasteiger partial charge in [0.2, 0.25) is 0 Å². The van der Waals surface area contributed by atoms with E-state index in [0.29, 0.717) is 5.82 Å². The van der Waals surface area contributed by atoms with Crippen LogP contribution in [0.1, 0.15) is 11.3 Å². The highest BCUT2D eigenvalue weighted by Crippen LogP contribution is 2.32. The van der Waals surface area contributed by atoms with E-state index in [9.17, 15) is 4.79 Å². The third-order valence-electron chi connectivity index (χ3n) is 4.61. The third-order valence-corrected chi connectivity index (χ3v) is 4.61. The zero-order valence-electron chi connectivity index (χ0n) is 14.8. The van der Waals surface area contributed by atoms with Crippen LogP contribution in [-0.4, -0.2) is 26.3 Å². The van der Waals surface area contributed by atoms with E-state index in [2.05, 4.69) is 10.1 Å². The highest BCUT2D eigenvalue weighted by Gasteiger charge is 2.18. The molecule has 6 heteroatoms. The summed E-state index contributed by atoms with van der Waals surface area (Å²) in [5.41, 5.74) is 4.52. The van der Waals surface area contributed by atoms with Gasteiger partial charge in [-0.3, -0.25) is 4.40 Å². The molecular weight excluding hydrogens is 328 g/mol. The third kappa shape index (κ3) is 2.38. The Kier molecular flexibility index (Phi) is 3.80. The van der Waals surface area contributed by atoms with E-state index < -0.39 is 0 Å². The Morgan fingerprint density at radius 2 is 1.81 bits per heavy atom. The van der Waals surface area contributed by atoms with Crippen LogP contribution in [0.4, 0.5) is 0 Å². The Balaban J connectivity index is 1.97. The highest BCUT2D eigenvalue weighted by atomic mass is 16.5. The summed E-state index contributed by atoms with van der Waals surface area (Å²) in [5, 5.41) is 4.31. The van der Waals surface area contributed by atoms with Crippen LogP contribution in [0.2, 0.25) is 0 Å². The van der Waals surface area contributed by atoms with Gasteiger partial charge in [-0.15, -0.1) is 0 Å². The predicted molar refractivity (Wildman–Crippen MR) is 100 cm³/mol. The molecule has 26 heavy (non-hydrogen) atoms. The topological polar surface area (TPSA) is 61.4 Å². The number of methoxy groups -OCH3 is 1. The van der Waals surface area contributed by atoms with Gasteiger partial charge in [0.05, 0.1) is 18.8 Å². The van der Waals surface area contributed by atoms with Gasteiger partial charge in [0.25, 0.3) is 0 Å². The molecule has 0 unspecified atom stereocenters. The molecule has 130 valence electrons. The number of aromatic nitrogens is 4. The van der Waals surface area contributed by atoms with Crippen molar-refractivity contribution in [2.75, 3.05) is 7.11 Å². The lowest BCUT2D eigenvalue weighted by molar-refractivity contribution is 0.415. The Bertz CT molecular complexity index is 1140. The Morgan fingerprint density at radius 1 is 1.04 bits per heavy atom. The van der Waals surface area contributed by atoms with Crippen molar-refractivity contribution in [1.82, 2.24) is 19.2 Å². The molecule has 0 aliphatic rings. The van der Waals surface area contributed by atoms with E-state index in [1.54, 1.807) is 36.0 Å². The molecule has 0 aliphatic heterocycles. The normalized spacial score (nSPS) is 11.0. The zero-order valence-corrected chi connectivity index (χ0v) is 14.8. The maximum Gasteiger partial charge on any atom is 0.355 e. The van der Waals surface area contributed by atoms with Crippen LogP contribution in [0.5, 0.6) is 5.75 Å². The monoisotopic (exact) mass is 346 g/mol. The van der Waals surface area contributed by atoms with Gasteiger partial charge in [-0.05, 0) is 49.2 Å². The highest BCUT2D eigenvalue weighted by molar-refractivity contribution is 5.79. The average Bonchev–Trinajstić information content (AvgIpc) is 2.94. The Hall–Kier alpha value is -3.41. The molecule has 0 amide bonds. The van der Waals surface area contributed by atoms with Crippen LogP contribution in [0.25, 0.3) is 22.5 Å². The largest absolute Gasteiger partial charge is 0.497 e. The zero-order chi connectivity index (χ0) is 18.3. The number of rotatable bonds is 3. The van der Waals surface area contributed by atoms with Gasteiger partial charge < -0.3 is 4.74 Å². The minimum atomic E-state index is -0.235. The van der Waals surface area contributed by atoms with E-state index in [1.807, 2.05) is 44.2 Å². The molecule has 0 atom stereocenters. The SMILES string of the molecule is COc1ccc(-c2c(C)c3cnn(-c4ccccn4)c(=O)n3c2C)cc1. The van der Waals surface area contributed by atoms with Crippen molar-refractivity contribution in [2.45, 2.75) is 13.8 Å².